The fourth-order valence-corrected chi connectivity index (χ4v) is 3.97. The average Bonchev–Trinajstić information content (AvgIpc) is 3.33. The molecule has 28 heavy (non-hydrogen) atoms. The van der Waals surface area contributed by atoms with Crippen LogP contribution in [0.2, 0.25) is 0 Å². The summed E-state index contributed by atoms with van der Waals surface area (Å²) in [5, 5.41) is 10.7. The highest BCUT2D eigenvalue weighted by Gasteiger charge is 2.35. The Morgan fingerprint density at radius 1 is 1.43 bits per heavy atom. The molecular formula is C20H27ClN4O3. The van der Waals surface area contributed by atoms with Crippen molar-refractivity contribution in [1.29, 1.82) is 0 Å². The molecule has 0 spiro atoms. The van der Waals surface area contributed by atoms with E-state index in [9.17, 15) is 4.79 Å². The Labute approximate surface area is 171 Å². The molecule has 1 aromatic heterocycles. The van der Waals surface area contributed by atoms with Crippen molar-refractivity contribution in [3.63, 3.8) is 0 Å². The third kappa shape index (κ3) is 3.95. The molecule has 3 atom stereocenters. The predicted molar refractivity (Wildman–Crippen MR) is 110 cm³/mol. The van der Waals surface area contributed by atoms with Crippen molar-refractivity contribution in [2.45, 2.75) is 32.3 Å². The first-order valence-corrected chi connectivity index (χ1v) is 9.51. The maximum atomic E-state index is 13.1. The molecule has 1 aromatic carbocycles. The summed E-state index contributed by atoms with van der Waals surface area (Å²) in [4.78, 5) is 13.1. The maximum Gasteiger partial charge on any atom is 0.229 e. The molecule has 2 N–H and O–H groups in total. The van der Waals surface area contributed by atoms with Crippen LogP contribution in [0.25, 0.3) is 0 Å². The number of fused-ring (bicyclic) bond motifs is 1. The Morgan fingerprint density at radius 2 is 2.25 bits per heavy atom. The zero-order chi connectivity index (χ0) is 19.0. The average molecular weight is 407 g/mol. The first-order chi connectivity index (χ1) is 13.0. The summed E-state index contributed by atoms with van der Waals surface area (Å²) in [6.07, 6.45) is 4.83. The van der Waals surface area contributed by atoms with E-state index >= 15 is 0 Å². The molecule has 8 heteroatoms. The Kier molecular flexibility index (Phi) is 6.15. The molecule has 3 heterocycles. The minimum absolute atomic E-state index is 0. The fourth-order valence-electron chi connectivity index (χ4n) is 3.97. The third-order valence-electron chi connectivity index (χ3n) is 5.26. The number of aromatic nitrogens is 2. The lowest BCUT2D eigenvalue weighted by Gasteiger charge is -2.19. The number of hydrogen-bond acceptors (Lipinski definition) is 5. The number of nitrogens with zero attached hydrogens (tertiary/aromatic N) is 2. The number of benzene rings is 1. The van der Waals surface area contributed by atoms with Crippen molar-refractivity contribution in [2.75, 3.05) is 25.0 Å². The lowest BCUT2D eigenvalue weighted by Crippen LogP contribution is -2.28. The summed E-state index contributed by atoms with van der Waals surface area (Å²) >= 11 is 0. The van der Waals surface area contributed by atoms with Gasteiger partial charge in [0.25, 0.3) is 0 Å². The summed E-state index contributed by atoms with van der Waals surface area (Å²) < 4.78 is 13.4. The Balaban J connectivity index is 0.00000225. The zero-order valence-corrected chi connectivity index (χ0v) is 17.2. The predicted octanol–water partition coefficient (Wildman–Crippen LogP) is 2.51. The fraction of sp³-hybridized carbons (Fsp3) is 0.500. The summed E-state index contributed by atoms with van der Waals surface area (Å²) in [5.74, 6) is 1.47. The number of anilines is 1. The van der Waals surface area contributed by atoms with Gasteiger partial charge < -0.3 is 20.1 Å². The number of carbonyl (C=O) groups is 1. The number of halogens is 1. The number of amides is 1. The molecule has 1 saturated heterocycles. The number of ether oxygens (including phenoxy) is 2. The number of aryl methyl sites for hydroxylation is 1. The monoisotopic (exact) mass is 406 g/mol. The van der Waals surface area contributed by atoms with Crippen molar-refractivity contribution < 1.29 is 14.3 Å². The molecule has 1 fully saturated rings. The minimum atomic E-state index is -0.156. The Bertz CT molecular complexity index is 854. The Morgan fingerprint density at radius 3 is 2.96 bits per heavy atom. The highest BCUT2D eigenvalue weighted by Crippen LogP contribution is 2.39. The van der Waals surface area contributed by atoms with Crippen LogP contribution in [0.3, 0.4) is 0 Å². The van der Waals surface area contributed by atoms with Gasteiger partial charge in [-0.05, 0) is 25.5 Å². The van der Waals surface area contributed by atoms with E-state index in [4.69, 9.17) is 9.47 Å². The van der Waals surface area contributed by atoms with Crippen molar-refractivity contribution in [1.82, 2.24) is 15.1 Å². The number of hydrogen-bond donors (Lipinski definition) is 2. The van der Waals surface area contributed by atoms with Gasteiger partial charge in [-0.15, -0.1) is 12.4 Å². The largest absolute Gasteiger partial charge is 0.492 e. The van der Waals surface area contributed by atoms with Gasteiger partial charge in [0.15, 0.2) is 0 Å². The normalized spacial score (nSPS) is 22.9. The molecule has 152 valence electrons. The maximum absolute atomic E-state index is 13.1. The molecule has 0 aliphatic carbocycles. The van der Waals surface area contributed by atoms with Crippen molar-refractivity contribution in [3.8, 4) is 11.5 Å². The van der Waals surface area contributed by atoms with E-state index in [0.717, 1.165) is 29.8 Å². The lowest BCUT2D eigenvalue weighted by atomic mass is 9.90. The van der Waals surface area contributed by atoms with Gasteiger partial charge in [-0.2, -0.15) is 5.10 Å². The SMILES string of the molecule is CCOc1cc2c(cc1NC(=O)[C@H]1CNC[C@@H]1c1cnn(C)c1)OC(C)C2.Cl. The van der Waals surface area contributed by atoms with Gasteiger partial charge in [0.1, 0.15) is 17.6 Å². The van der Waals surface area contributed by atoms with Crippen LogP contribution in [0.4, 0.5) is 5.69 Å². The second-order valence-corrected chi connectivity index (χ2v) is 7.33. The van der Waals surface area contributed by atoms with Crippen LogP contribution in [0.1, 0.15) is 30.9 Å². The van der Waals surface area contributed by atoms with E-state index in [-0.39, 0.29) is 36.3 Å². The zero-order valence-electron chi connectivity index (χ0n) is 16.4. The third-order valence-corrected chi connectivity index (χ3v) is 5.26. The lowest BCUT2D eigenvalue weighted by molar-refractivity contribution is -0.119. The number of rotatable bonds is 5. The molecule has 1 amide bonds. The van der Waals surface area contributed by atoms with Crippen molar-refractivity contribution >= 4 is 24.0 Å². The smallest absolute Gasteiger partial charge is 0.229 e. The summed E-state index contributed by atoms with van der Waals surface area (Å²) in [6.45, 7) is 5.95. The second kappa shape index (κ2) is 8.41. The highest BCUT2D eigenvalue weighted by molar-refractivity contribution is 5.95. The molecule has 2 aromatic rings. The first-order valence-electron chi connectivity index (χ1n) is 9.51. The molecular weight excluding hydrogens is 380 g/mol. The van der Waals surface area contributed by atoms with E-state index in [0.29, 0.717) is 24.6 Å². The van der Waals surface area contributed by atoms with Crippen LogP contribution in [0.5, 0.6) is 11.5 Å². The minimum Gasteiger partial charge on any atom is -0.492 e. The molecule has 0 radical (unpaired) electrons. The van der Waals surface area contributed by atoms with Crippen molar-refractivity contribution in [3.05, 3.63) is 35.7 Å². The van der Waals surface area contributed by atoms with Crippen LogP contribution in [-0.2, 0) is 18.3 Å². The summed E-state index contributed by atoms with van der Waals surface area (Å²) in [7, 11) is 1.89. The molecule has 0 bridgehead atoms. The van der Waals surface area contributed by atoms with Gasteiger partial charge in [-0.1, -0.05) is 0 Å². The van der Waals surface area contributed by atoms with E-state index in [1.165, 1.54) is 0 Å². The first kappa shape index (κ1) is 20.5. The van der Waals surface area contributed by atoms with Crippen LogP contribution in [0.15, 0.2) is 24.5 Å². The molecule has 0 saturated carbocycles. The quantitative estimate of drug-likeness (QED) is 0.797. The summed E-state index contributed by atoms with van der Waals surface area (Å²) in [5.41, 5.74) is 2.88. The van der Waals surface area contributed by atoms with E-state index < -0.39 is 0 Å². The topological polar surface area (TPSA) is 77.4 Å². The number of nitrogens with one attached hydrogen (secondary N) is 2. The van der Waals surface area contributed by atoms with Gasteiger partial charge in [0.05, 0.1) is 24.4 Å². The van der Waals surface area contributed by atoms with Gasteiger partial charge in [-0.25, -0.2) is 0 Å². The molecule has 2 aliphatic heterocycles. The molecule has 1 unspecified atom stereocenters. The van der Waals surface area contributed by atoms with Gasteiger partial charge >= 0.3 is 0 Å². The highest BCUT2D eigenvalue weighted by atomic mass is 35.5. The molecule has 7 nitrogen and oxygen atoms in total. The number of carbonyl (C=O) groups excluding carboxylic acids is 1. The van der Waals surface area contributed by atoms with Gasteiger partial charge in [0, 0.05) is 50.3 Å². The van der Waals surface area contributed by atoms with Crippen LogP contribution in [0, 0.1) is 5.92 Å². The van der Waals surface area contributed by atoms with Crippen LogP contribution >= 0.6 is 12.4 Å². The summed E-state index contributed by atoms with van der Waals surface area (Å²) in [6, 6.07) is 3.88. The van der Waals surface area contributed by atoms with E-state index in [1.54, 1.807) is 4.68 Å². The van der Waals surface area contributed by atoms with E-state index in [1.807, 2.05) is 45.4 Å². The van der Waals surface area contributed by atoms with Gasteiger partial charge in [0.2, 0.25) is 5.91 Å². The van der Waals surface area contributed by atoms with Crippen LogP contribution < -0.4 is 20.1 Å². The Hall–Kier alpha value is -2.25. The molecule has 2 aliphatic rings. The van der Waals surface area contributed by atoms with E-state index in [2.05, 4.69) is 15.7 Å². The van der Waals surface area contributed by atoms with Gasteiger partial charge in [-0.3, -0.25) is 9.48 Å². The molecule has 4 rings (SSSR count). The van der Waals surface area contributed by atoms with Crippen LogP contribution in [-0.4, -0.2) is 41.5 Å². The second-order valence-electron chi connectivity index (χ2n) is 7.33. The standard InChI is InChI=1S/C20H26N4O3.ClH/c1-4-26-19-6-13-5-12(2)27-18(13)7-17(19)23-20(25)16-10-21-9-15(16)14-8-22-24(3)11-14;/h6-8,11-12,15-16,21H,4-5,9-10H2,1-3H3,(H,23,25);1H/t12?,15-,16+;/m1./s1. The van der Waals surface area contributed by atoms with Crippen molar-refractivity contribution in [2.24, 2.45) is 13.0 Å².